The molecule has 0 atom stereocenters. The summed E-state index contributed by atoms with van der Waals surface area (Å²) in [5, 5.41) is 11.8. The van der Waals surface area contributed by atoms with Crippen LogP contribution in [0.4, 0.5) is 5.69 Å². The summed E-state index contributed by atoms with van der Waals surface area (Å²) >= 11 is 0. The lowest BCUT2D eigenvalue weighted by Gasteiger charge is -2.11. The number of Topliss-reactive ketones (excluding diaryl/α,β-unsaturated/α-hetero) is 1. The number of benzene rings is 1. The van der Waals surface area contributed by atoms with Gasteiger partial charge < -0.3 is 10.3 Å². The van der Waals surface area contributed by atoms with Gasteiger partial charge in [0.25, 0.3) is 5.56 Å². The highest BCUT2D eigenvalue weighted by atomic mass is 16.1. The van der Waals surface area contributed by atoms with Crippen LogP contribution in [0.3, 0.4) is 0 Å². The van der Waals surface area contributed by atoms with Crippen molar-refractivity contribution in [2.75, 3.05) is 5.32 Å². The number of carbonyl (C=O) groups excluding carboxylic acids is 2. The number of H-pyrrole nitrogens is 1. The van der Waals surface area contributed by atoms with E-state index in [4.69, 9.17) is 5.26 Å². The van der Waals surface area contributed by atoms with Crippen molar-refractivity contribution < 1.29 is 9.59 Å². The molecule has 0 saturated heterocycles. The van der Waals surface area contributed by atoms with E-state index >= 15 is 0 Å². The van der Waals surface area contributed by atoms with Gasteiger partial charge in [0.05, 0.1) is 0 Å². The second-order valence-corrected chi connectivity index (χ2v) is 5.85. The monoisotopic (exact) mass is 337 g/mol. The summed E-state index contributed by atoms with van der Waals surface area (Å²) in [6.45, 7) is 4.95. The van der Waals surface area contributed by atoms with E-state index in [0.29, 0.717) is 28.9 Å². The molecule has 1 amide bonds. The molecule has 1 aromatic heterocycles. The standard InChI is InChI=1S/C19H19N3O3/c1-11-16(12(2)21-19(25)17(11)10-20)8-9-18(24)22-15-6-4-14(5-7-15)13(3)23/h4-7H,8-9H2,1-3H3,(H,21,25)(H,22,24). The molecule has 0 fully saturated rings. The summed E-state index contributed by atoms with van der Waals surface area (Å²) in [5.41, 5.74) is 2.96. The van der Waals surface area contributed by atoms with Crippen LogP contribution in [-0.2, 0) is 11.2 Å². The zero-order valence-corrected chi connectivity index (χ0v) is 14.4. The summed E-state index contributed by atoms with van der Waals surface area (Å²) in [6, 6.07) is 8.58. The van der Waals surface area contributed by atoms with Crippen LogP contribution in [0.1, 0.15) is 46.1 Å². The highest BCUT2D eigenvalue weighted by molar-refractivity contribution is 5.95. The first-order chi connectivity index (χ1) is 11.8. The molecule has 0 aliphatic rings. The minimum absolute atomic E-state index is 0.0322. The Morgan fingerprint density at radius 3 is 2.40 bits per heavy atom. The third-order valence-corrected chi connectivity index (χ3v) is 4.10. The Bertz CT molecular complexity index is 919. The highest BCUT2D eigenvalue weighted by Gasteiger charge is 2.13. The van der Waals surface area contributed by atoms with Crippen molar-refractivity contribution in [2.45, 2.75) is 33.6 Å². The molecule has 0 bridgehead atoms. The summed E-state index contributed by atoms with van der Waals surface area (Å²) in [7, 11) is 0. The molecule has 2 rings (SSSR count). The number of rotatable bonds is 5. The van der Waals surface area contributed by atoms with Gasteiger partial charge in [-0.2, -0.15) is 5.26 Å². The minimum atomic E-state index is -0.406. The topological polar surface area (TPSA) is 103 Å². The maximum atomic E-state index is 12.1. The van der Waals surface area contributed by atoms with E-state index in [1.54, 1.807) is 38.1 Å². The Hall–Kier alpha value is -3.20. The molecule has 6 nitrogen and oxygen atoms in total. The summed E-state index contributed by atoms with van der Waals surface area (Å²) in [5.74, 6) is -0.214. The number of carbonyl (C=O) groups is 2. The molecule has 1 aromatic carbocycles. The summed E-state index contributed by atoms with van der Waals surface area (Å²) in [4.78, 5) is 37.7. The van der Waals surface area contributed by atoms with Gasteiger partial charge in [0.2, 0.25) is 5.91 Å². The van der Waals surface area contributed by atoms with E-state index in [1.807, 2.05) is 6.07 Å². The van der Waals surface area contributed by atoms with Crippen LogP contribution >= 0.6 is 0 Å². The van der Waals surface area contributed by atoms with Gasteiger partial charge in [0.15, 0.2) is 5.78 Å². The molecule has 6 heteroatoms. The Labute approximate surface area is 145 Å². The van der Waals surface area contributed by atoms with E-state index < -0.39 is 5.56 Å². The molecule has 0 unspecified atom stereocenters. The second-order valence-electron chi connectivity index (χ2n) is 5.85. The van der Waals surface area contributed by atoms with Crippen molar-refractivity contribution in [3.8, 4) is 6.07 Å². The molecule has 0 aliphatic heterocycles. The molecule has 2 N–H and O–H groups in total. The third kappa shape index (κ3) is 4.21. The Kier molecular flexibility index (Phi) is 5.50. The average molecular weight is 337 g/mol. The Morgan fingerprint density at radius 2 is 1.84 bits per heavy atom. The van der Waals surface area contributed by atoms with E-state index in [1.165, 1.54) is 6.92 Å². The molecule has 0 aliphatic carbocycles. The number of pyridine rings is 1. The number of aryl methyl sites for hydroxylation is 1. The van der Waals surface area contributed by atoms with Crippen LogP contribution in [0.25, 0.3) is 0 Å². The average Bonchev–Trinajstić information content (AvgIpc) is 2.55. The van der Waals surface area contributed by atoms with E-state index in [9.17, 15) is 14.4 Å². The number of aromatic amines is 1. The largest absolute Gasteiger partial charge is 0.326 e. The van der Waals surface area contributed by atoms with Crippen molar-refractivity contribution in [1.29, 1.82) is 5.26 Å². The van der Waals surface area contributed by atoms with Crippen molar-refractivity contribution in [1.82, 2.24) is 4.98 Å². The predicted molar refractivity (Wildman–Crippen MR) is 94.6 cm³/mol. The van der Waals surface area contributed by atoms with Crippen LogP contribution in [0.5, 0.6) is 0 Å². The summed E-state index contributed by atoms with van der Waals surface area (Å²) < 4.78 is 0. The number of ketones is 1. The number of hydrogen-bond donors (Lipinski definition) is 2. The first kappa shape index (κ1) is 18.1. The Morgan fingerprint density at radius 1 is 1.20 bits per heavy atom. The normalized spacial score (nSPS) is 10.2. The number of aromatic nitrogens is 1. The maximum Gasteiger partial charge on any atom is 0.266 e. The Balaban J connectivity index is 2.07. The molecular formula is C19H19N3O3. The summed E-state index contributed by atoms with van der Waals surface area (Å²) in [6.07, 6.45) is 0.632. The van der Waals surface area contributed by atoms with Crippen molar-refractivity contribution in [2.24, 2.45) is 0 Å². The SMILES string of the molecule is CC(=O)c1ccc(NC(=O)CCc2c(C)[nH]c(=O)c(C#N)c2C)cc1. The van der Waals surface area contributed by atoms with Gasteiger partial charge in [0.1, 0.15) is 11.6 Å². The van der Waals surface area contributed by atoms with Crippen LogP contribution in [0.2, 0.25) is 0 Å². The first-order valence-corrected chi connectivity index (χ1v) is 7.86. The fourth-order valence-corrected chi connectivity index (χ4v) is 2.67. The van der Waals surface area contributed by atoms with Gasteiger partial charge in [-0.25, -0.2) is 0 Å². The molecule has 1 heterocycles. The smallest absolute Gasteiger partial charge is 0.266 e. The number of hydrogen-bond acceptors (Lipinski definition) is 4. The molecule has 0 radical (unpaired) electrons. The third-order valence-electron chi connectivity index (χ3n) is 4.10. The van der Waals surface area contributed by atoms with Crippen LogP contribution in [0.15, 0.2) is 29.1 Å². The predicted octanol–water partition coefficient (Wildman–Crippen LogP) is 2.64. The van der Waals surface area contributed by atoms with Gasteiger partial charge in [-0.3, -0.25) is 14.4 Å². The lowest BCUT2D eigenvalue weighted by Crippen LogP contribution is -2.18. The second kappa shape index (κ2) is 7.58. The van der Waals surface area contributed by atoms with Crippen molar-refractivity contribution in [3.05, 3.63) is 62.6 Å². The van der Waals surface area contributed by atoms with Gasteiger partial charge in [-0.15, -0.1) is 0 Å². The number of nitrogens with one attached hydrogen (secondary N) is 2. The van der Waals surface area contributed by atoms with Crippen LogP contribution in [0, 0.1) is 25.2 Å². The highest BCUT2D eigenvalue weighted by Crippen LogP contribution is 2.16. The lowest BCUT2D eigenvalue weighted by atomic mass is 9.99. The van der Waals surface area contributed by atoms with E-state index in [-0.39, 0.29) is 23.7 Å². The quantitative estimate of drug-likeness (QED) is 0.819. The number of nitrogens with zero attached hydrogens (tertiary/aromatic N) is 1. The molecule has 25 heavy (non-hydrogen) atoms. The van der Waals surface area contributed by atoms with E-state index in [2.05, 4.69) is 10.3 Å². The maximum absolute atomic E-state index is 12.1. The molecular weight excluding hydrogens is 318 g/mol. The van der Waals surface area contributed by atoms with E-state index in [0.717, 1.165) is 5.56 Å². The zero-order chi connectivity index (χ0) is 18.6. The van der Waals surface area contributed by atoms with Gasteiger partial charge in [-0.05, 0) is 62.6 Å². The number of anilines is 1. The van der Waals surface area contributed by atoms with Crippen molar-refractivity contribution >= 4 is 17.4 Å². The number of nitriles is 1. The molecule has 2 aromatic rings. The fraction of sp³-hybridized carbons (Fsp3) is 0.263. The first-order valence-electron chi connectivity index (χ1n) is 7.86. The molecule has 0 saturated carbocycles. The van der Waals surface area contributed by atoms with Gasteiger partial charge >= 0.3 is 0 Å². The molecule has 0 spiro atoms. The lowest BCUT2D eigenvalue weighted by molar-refractivity contribution is -0.116. The van der Waals surface area contributed by atoms with Gasteiger partial charge in [0, 0.05) is 23.4 Å². The zero-order valence-electron chi connectivity index (χ0n) is 14.4. The van der Waals surface area contributed by atoms with Crippen LogP contribution in [-0.4, -0.2) is 16.7 Å². The fourth-order valence-electron chi connectivity index (χ4n) is 2.67. The minimum Gasteiger partial charge on any atom is -0.326 e. The van der Waals surface area contributed by atoms with Crippen molar-refractivity contribution in [3.63, 3.8) is 0 Å². The van der Waals surface area contributed by atoms with Crippen LogP contribution < -0.4 is 10.9 Å². The number of amides is 1. The molecule has 128 valence electrons. The van der Waals surface area contributed by atoms with Gasteiger partial charge in [-0.1, -0.05) is 0 Å².